The summed E-state index contributed by atoms with van der Waals surface area (Å²) in [5.41, 5.74) is 0. The van der Waals surface area contributed by atoms with E-state index in [9.17, 15) is 10.2 Å². The maximum Gasteiger partial charge on any atom is 0.0624 e. The van der Waals surface area contributed by atoms with Crippen LogP contribution >= 0.6 is 0 Å². The lowest BCUT2D eigenvalue weighted by Gasteiger charge is -2.31. The van der Waals surface area contributed by atoms with Crippen LogP contribution in [-0.4, -0.2) is 22.9 Å². The molecule has 2 fully saturated rings. The van der Waals surface area contributed by atoms with Gasteiger partial charge in [-0.1, -0.05) is 0 Å². The molecule has 5 atom stereocenters. The van der Waals surface area contributed by atoms with Gasteiger partial charge in [-0.05, 0) is 36.5 Å². The van der Waals surface area contributed by atoms with Crippen LogP contribution < -0.4 is 0 Å². The van der Waals surface area contributed by atoms with E-state index in [1.807, 2.05) is 0 Å². The SMILES string of the molecule is N#CCC1C2CC(O)C(C2)C1CO. The van der Waals surface area contributed by atoms with Crippen LogP contribution in [0.15, 0.2) is 0 Å². The minimum atomic E-state index is -0.225. The molecule has 2 aliphatic carbocycles. The van der Waals surface area contributed by atoms with E-state index in [1.165, 1.54) is 0 Å². The highest BCUT2D eigenvalue weighted by Crippen LogP contribution is 2.53. The number of hydrogen-bond acceptors (Lipinski definition) is 3. The van der Waals surface area contributed by atoms with Crippen LogP contribution in [-0.2, 0) is 0 Å². The van der Waals surface area contributed by atoms with Crippen LogP contribution in [0, 0.1) is 35.0 Å². The molecule has 2 saturated carbocycles. The summed E-state index contributed by atoms with van der Waals surface area (Å²) < 4.78 is 0. The Morgan fingerprint density at radius 1 is 1.31 bits per heavy atom. The van der Waals surface area contributed by atoms with Crippen LogP contribution in [0.1, 0.15) is 19.3 Å². The van der Waals surface area contributed by atoms with Crippen LogP contribution in [0.2, 0.25) is 0 Å². The number of rotatable bonds is 2. The van der Waals surface area contributed by atoms with Crippen LogP contribution in [0.25, 0.3) is 0 Å². The Labute approximate surface area is 78.0 Å². The quantitative estimate of drug-likeness (QED) is 0.653. The van der Waals surface area contributed by atoms with Gasteiger partial charge in [0.1, 0.15) is 0 Å². The summed E-state index contributed by atoms with van der Waals surface area (Å²) in [6, 6.07) is 2.18. The van der Waals surface area contributed by atoms with E-state index in [-0.39, 0.29) is 24.5 Å². The third-order valence-electron chi connectivity index (χ3n) is 3.86. The number of aliphatic hydroxyl groups is 2. The zero-order chi connectivity index (χ0) is 9.42. The number of nitrogens with zero attached hydrogens (tertiary/aromatic N) is 1. The molecule has 0 radical (unpaired) electrons. The lowest BCUT2D eigenvalue weighted by atomic mass is 9.77. The van der Waals surface area contributed by atoms with Crippen molar-refractivity contribution in [3.63, 3.8) is 0 Å². The zero-order valence-electron chi connectivity index (χ0n) is 7.56. The first-order valence-corrected chi connectivity index (χ1v) is 4.93. The second kappa shape index (κ2) is 3.28. The second-order valence-electron chi connectivity index (χ2n) is 4.34. The first kappa shape index (κ1) is 8.98. The van der Waals surface area contributed by atoms with E-state index in [1.54, 1.807) is 0 Å². The maximum atomic E-state index is 9.61. The standard InChI is InChI=1S/C10H15NO2/c11-2-1-7-6-3-8(9(7)5-12)10(13)4-6/h6-10,12-13H,1,3-5H2. The number of hydrogen-bond donors (Lipinski definition) is 2. The molecule has 0 amide bonds. The molecule has 2 bridgehead atoms. The summed E-state index contributed by atoms with van der Waals surface area (Å²) >= 11 is 0. The summed E-state index contributed by atoms with van der Waals surface area (Å²) in [6.07, 6.45) is 2.17. The zero-order valence-corrected chi connectivity index (χ0v) is 7.56. The van der Waals surface area contributed by atoms with Gasteiger partial charge in [0.05, 0.1) is 12.2 Å². The fourth-order valence-electron chi connectivity index (χ4n) is 3.26. The summed E-state index contributed by atoms with van der Waals surface area (Å²) in [5.74, 6) is 1.25. The Kier molecular flexibility index (Phi) is 2.27. The number of aliphatic hydroxyl groups excluding tert-OH is 2. The van der Waals surface area contributed by atoms with Crippen molar-refractivity contribution < 1.29 is 10.2 Å². The molecular weight excluding hydrogens is 166 g/mol. The molecular formula is C10H15NO2. The fourth-order valence-corrected chi connectivity index (χ4v) is 3.26. The third kappa shape index (κ3) is 1.25. The number of fused-ring (bicyclic) bond motifs is 2. The van der Waals surface area contributed by atoms with Crippen molar-refractivity contribution in [2.75, 3.05) is 6.61 Å². The minimum absolute atomic E-state index is 0.130. The van der Waals surface area contributed by atoms with Crippen molar-refractivity contribution in [1.29, 1.82) is 5.26 Å². The Hall–Kier alpha value is -0.590. The lowest BCUT2D eigenvalue weighted by Crippen LogP contribution is -2.33. The van der Waals surface area contributed by atoms with Gasteiger partial charge in [0.2, 0.25) is 0 Å². The third-order valence-corrected chi connectivity index (χ3v) is 3.86. The Balaban J connectivity index is 2.10. The van der Waals surface area contributed by atoms with Crippen molar-refractivity contribution in [3.8, 4) is 6.07 Å². The molecule has 0 aromatic rings. The van der Waals surface area contributed by atoms with Crippen LogP contribution in [0.3, 0.4) is 0 Å². The van der Waals surface area contributed by atoms with E-state index in [0.717, 1.165) is 12.8 Å². The second-order valence-corrected chi connectivity index (χ2v) is 4.34. The van der Waals surface area contributed by atoms with Gasteiger partial charge in [-0.15, -0.1) is 0 Å². The predicted octanol–water partition coefficient (Wildman–Crippen LogP) is 0.525. The van der Waals surface area contributed by atoms with Crippen LogP contribution in [0.5, 0.6) is 0 Å². The summed E-state index contributed by atoms with van der Waals surface area (Å²) in [5, 5.41) is 27.4. The highest BCUT2D eigenvalue weighted by Gasteiger charge is 2.51. The van der Waals surface area contributed by atoms with Gasteiger partial charge in [0.25, 0.3) is 0 Å². The average Bonchev–Trinajstić information content (AvgIpc) is 2.62. The van der Waals surface area contributed by atoms with Crippen molar-refractivity contribution >= 4 is 0 Å². The molecule has 3 nitrogen and oxygen atoms in total. The van der Waals surface area contributed by atoms with Gasteiger partial charge in [-0.2, -0.15) is 5.26 Å². The Bertz CT molecular complexity index is 236. The lowest BCUT2D eigenvalue weighted by molar-refractivity contribution is 0.0271. The molecule has 0 aromatic carbocycles. The molecule has 0 heterocycles. The monoisotopic (exact) mass is 181 g/mol. The van der Waals surface area contributed by atoms with Gasteiger partial charge >= 0.3 is 0 Å². The van der Waals surface area contributed by atoms with Crippen molar-refractivity contribution in [1.82, 2.24) is 0 Å². The van der Waals surface area contributed by atoms with Gasteiger partial charge in [-0.3, -0.25) is 0 Å². The molecule has 2 N–H and O–H groups in total. The first-order chi connectivity index (χ1) is 6.27. The minimum Gasteiger partial charge on any atom is -0.396 e. The summed E-state index contributed by atoms with van der Waals surface area (Å²) in [7, 11) is 0. The molecule has 2 rings (SSSR count). The maximum absolute atomic E-state index is 9.61. The molecule has 0 aliphatic heterocycles. The van der Waals surface area contributed by atoms with Gasteiger partial charge in [-0.25, -0.2) is 0 Å². The van der Waals surface area contributed by atoms with Gasteiger partial charge < -0.3 is 10.2 Å². The largest absolute Gasteiger partial charge is 0.396 e. The molecule has 0 aromatic heterocycles. The van der Waals surface area contributed by atoms with E-state index in [0.29, 0.717) is 18.3 Å². The molecule has 5 unspecified atom stereocenters. The van der Waals surface area contributed by atoms with Gasteiger partial charge in [0.15, 0.2) is 0 Å². The van der Waals surface area contributed by atoms with E-state index < -0.39 is 0 Å². The normalized spacial score (nSPS) is 47.9. The molecule has 2 aliphatic rings. The predicted molar refractivity (Wildman–Crippen MR) is 46.5 cm³/mol. The molecule has 72 valence electrons. The Morgan fingerprint density at radius 3 is 2.69 bits per heavy atom. The highest BCUT2D eigenvalue weighted by molar-refractivity contribution is 5.02. The first-order valence-electron chi connectivity index (χ1n) is 4.93. The average molecular weight is 181 g/mol. The van der Waals surface area contributed by atoms with E-state index in [4.69, 9.17) is 5.26 Å². The molecule has 0 saturated heterocycles. The van der Waals surface area contributed by atoms with Crippen LogP contribution in [0.4, 0.5) is 0 Å². The van der Waals surface area contributed by atoms with E-state index >= 15 is 0 Å². The van der Waals surface area contributed by atoms with Crippen molar-refractivity contribution in [2.45, 2.75) is 25.4 Å². The molecule has 0 spiro atoms. The Morgan fingerprint density at radius 2 is 2.08 bits per heavy atom. The van der Waals surface area contributed by atoms with E-state index in [2.05, 4.69) is 6.07 Å². The van der Waals surface area contributed by atoms with Crippen molar-refractivity contribution in [2.24, 2.45) is 23.7 Å². The number of nitriles is 1. The molecule has 13 heavy (non-hydrogen) atoms. The van der Waals surface area contributed by atoms with Gasteiger partial charge in [0, 0.05) is 13.0 Å². The highest BCUT2D eigenvalue weighted by atomic mass is 16.3. The fraction of sp³-hybridized carbons (Fsp3) is 0.900. The molecule has 3 heteroatoms. The summed E-state index contributed by atoms with van der Waals surface area (Å²) in [4.78, 5) is 0. The smallest absolute Gasteiger partial charge is 0.0624 e. The summed E-state index contributed by atoms with van der Waals surface area (Å²) in [6.45, 7) is 0.130. The van der Waals surface area contributed by atoms with Crippen molar-refractivity contribution in [3.05, 3.63) is 0 Å². The topological polar surface area (TPSA) is 64.2 Å².